The van der Waals surface area contributed by atoms with E-state index < -0.39 is 12.1 Å². The van der Waals surface area contributed by atoms with Crippen LogP contribution in [-0.2, 0) is 9.59 Å². The van der Waals surface area contributed by atoms with E-state index in [4.69, 9.17) is 5.11 Å². The predicted octanol–water partition coefficient (Wildman–Crippen LogP) is 3.66. The van der Waals surface area contributed by atoms with Gasteiger partial charge in [0.2, 0.25) is 0 Å². The van der Waals surface area contributed by atoms with Crippen molar-refractivity contribution in [1.29, 1.82) is 0 Å². The Labute approximate surface area is 174 Å². The van der Waals surface area contributed by atoms with Gasteiger partial charge in [0.1, 0.15) is 5.78 Å². The summed E-state index contributed by atoms with van der Waals surface area (Å²) in [6.07, 6.45) is 5.74. The quantitative estimate of drug-likeness (QED) is 0.662. The van der Waals surface area contributed by atoms with Crippen LogP contribution < -0.4 is 0 Å². The molecule has 4 aliphatic carbocycles. The van der Waals surface area contributed by atoms with Crippen molar-refractivity contribution in [2.75, 3.05) is 0 Å². The minimum absolute atomic E-state index is 0.0246. The SMILES string of the molecule is C[C@H](CCC(=O)O)[C@H]1CC[C@@H]2[C@@H]3C(=O)C[C@@H]4C[C@H](O)CC[C@]4(C)[C@H]3C[C@H](O)[C@@]21C. The Morgan fingerprint density at radius 1 is 1.14 bits per heavy atom. The number of carbonyl (C=O) groups is 2. The van der Waals surface area contributed by atoms with Gasteiger partial charge < -0.3 is 15.3 Å². The zero-order chi connectivity index (χ0) is 21.1. The van der Waals surface area contributed by atoms with Gasteiger partial charge >= 0.3 is 5.97 Å². The molecule has 0 radical (unpaired) electrons. The average Bonchev–Trinajstić information content (AvgIpc) is 3.01. The molecule has 4 rings (SSSR count). The first-order chi connectivity index (χ1) is 13.6. The van der Waals surface area contributed by atoms with Crippen molar-refractivity contribution in [3.05, 3.63) is 0 Å². The molecular weight excluding hydrogens is 368 g/mol. The minimum Gasteiger partial charge on any atom is -0.481 e. The Bertz CT molecular complexity index is 676. The van der Waals surface area contributed by atoms with Crippen LogP contribution in [0.3, 0.4) is 0 Å². The fourth-order valence-corrected chi connectivity index (χ4v) is 8.40. The normalized spacial score (nSPS) is 50.4. The maximum atomic E-state index is 13.4. The van der Waals surface area contributed by atoms with Gasteiger partial charge in [0.05, 0.1) is 12.2 Å². The second-order valence-electron chi connectivity index (χ2n) is 11.3. The van der Waals surface area contributed by atoms with Crippen LogP contribution in [0.2, 0.25) is 0 Å². The molecule has 0 spiro atoms. The van der Waals surface area contributed by atoms with Crippen LogP contribution in [0.15, 0.2) is 0 Å². The fourth-order valence-electron chi connectivity index (χ4n) is 8.40. The number of fused-ring (bicyclic) bond motifs is 5. The van der Waals surface area contributed by atoms with Crippen LogP contribution in [0, 0.1) is 46.3 Å². The highest BCUT2D eigenvalue weighted by Crippen LogP contribution is 2.67. The summed E-state index contributed by atoms with van der Waals surface area (Å²) in [7, 11) is 0. The highest BCUT2D eigenvalue weighted by Gasteiger charge is 2.65. The van der Waals surface area contributed by atoms with Crippen LogP contribution in [0.25, 0.3) is 0 Å². The number of aliphatic carboxylic acids is 1. The number of ketones is 1. The standard InChI is InChI=1S/C24H38O5/c1-13(4-7-21(28)29)16-5-6-17-22-18(12-20(27)24(16,17)3)23(2)9-8-15(25)10-14(23)11-19(22)26/h13-18,20,22,25,27H,4-12H2,1-3H3,(H,28,29)/t13-,14+,15-,16-,17-,18+,20+,22+,23+,24-/m1/s1. The summed E-state index contributed by atoms with van der Waals surface area (Å²) in [6, 6.07) is 0. The van der Waals surface area contributed by atoms with Gasteiger partial charge in [0.25, 0.3) is 0 Å². The summed E-state index contributed by atoms with van der Waals surface area (Å²) in [5.41, 5.74) is -0.265. The highest BCUT2D eigenvalue weighted by atomic mass is 16.4. The summed E-state index contributed by atoms with van der Waals surface area (Å²) >= 11 is 0. The molecule has 0 heterocycles. The van der Waals surface area contributed by atoms with Crippen LogP contribution in [-0.4, -0.2) is 39.3 Å². The molecule has 4 fully saturated rings. The predicted molar refractivity (Wildman–Crippen MR) is 109 cm³/mol. The lowest BCUT2D eigenvalue weighted by Gasteiger charge is -2.61. The first-order valence-corrected chi connectivity index (χ1v) is 11.7. The van der Waals surface area contributed by atoms with Gasteiger partial charge in [0, 0.05) is 24.2 Å². The second kappa shape index (κ2) is 7.33. The van der Waals surface area contributed by atoms with E-state index in [1.165, 1.54) is 0 Å². The molecule has 5 heteroatoms. The van der Waals surface area contributed by atoms with Gasteiger partial charge in [0.15, 0.2) is 0 Å². The Kier molecular flexibility index (Phi) is 5.39. The molecule has 164 valence electrons. The number of carboxylic acids is 1. The summed E-state index contributed by atoms with van der Waals surface area (Å²) in [5, 5.41) is 30.7. The summed E-state index contributed by atoms with van der Waals surface area (Å²) < 4.78 is 0. The van der Waals surface area contributed by atoms with Gasteiger partial charge in [-0.2, -0.15) is 0 Å². The van der Waals surface area contributed by atoms with Crippen molar-refractivity contribution in [3.63, 3.8) is 0 Å². The Balaban J connectivity index is 1.62. The molecule has 4 saturated carbocycles. The highest BCUT2D eigenvalue weighted by molar-refractivity contribution is 5.83. The van der Waals surface area contributed by atoms with E-state index in [9.17, 15) is 19.8 Å². The fraction of sp³-hybridized carbons (Fsp3) is 0.917. The molecule has 0 aliphatic heterocycles. The van der Waals surface area contributed by atoms with E-state index in [-0.39, 0.29) is 58.9 Å². The van der Waals surface area contributed by atoms with E-state index in [0.29, 0.717) is 25.0 Å². The van der Waals surface area contributed by atoms with E-state index in [0.717, 1.165) is 32.1 Å². The van der Waals surface area contributed by atoms with E-state index in [1.54, 1.807) is 0 Å². The number of carbonyl (C=O) groups excluding carboxylic acids is 1. The molecule has 0 bridgehead atoms. The number of Topliss-reactive ketones (excluding diaryl/α,β-unsaturated/α-hetero) is 1. The molecule has 0 aromatic carbocycles. The minimum atomic E-state index is -0.762. The lowest BCUT2D eigenvalue weighted by Crippen LogP contribution is -2.61. The molecule has 0 amide bonds. The molecule has 4 aliphatic rings. The largest absolute Gasteiger partial charge is 0.481 e. The third kappa shape index (κ3) is 3.18. The van der Waals surface area contributed by atoms with Crippen LogP contribution in [0.5, 0.6) is 0 Å². The van der Waals surface area contributed by atoms with E-state index in [2.05, 4.69) is 20.8 Å². The van der Waals surface area contributed by atoms with E-state index >= 15 is 0 Å². The van der Waals surface area contributed by atoms with Crippen LogP contribution in [0.4, 0.5) is 0 Å². The second-order valence-corrected chi connectivity index (χ2v) is 11.3. The zero-order valence-corrected chi connectivity index (χ0v) is 18.1. The van der Waals surface area contributed by atoms with E-state index in [1.807, 2.05) is 0 Å². The van der Waals surface area contributed by atoms with Gasteiger partial charge in [-0.15, -0.1) is 0 Å². The molecule has 0 aromatic heterocycles. The van der Waals surface area contributed by atoms with Crippen molar-refractivity contribution >= 4 is 11.8 Å². The smallest absolute Gasteiger partial charge is 0.303 e. The molecule has 10 atom stereocenters. The van der Waals surface area contributed by atoms with Crippen molar-refractivity contribution < 1.29 is 24.9 Å². The third-order valence-corrected chi connectivity index (χ3v) is 10.1. The Morgan fingerprint density at radius 2 is 1.86 bits per heavy atom. The third-order valence-electron chi connectivity index (χ3n) is 10.1. The van der Waals surface area contributed by atoms with Crippen molar-refractivity contribution in [2.45, 2.75) is 90.8 Å². The summed E-state index contributed by atoms with van der Waals surface area (Å²) in [4.78, 5) is 24.4. The molecule has 0 saturated heterocycles. The van der Waals surface area contributed by atoms with Gasteiger partial charge in [-0.3, -0.25) is 9.59 Å². The molecular formula is C24H38O5. The van der Waals surface area contributed by atoms with Crippen molar-refractivity contribution in [3.8, 4) is 0 Å². The molecule has 3 N–H and O–H groups in total. The maximum Gasteiger partial charge on any atom is 0.303 e. The number of rotatable bonds is 4. The monoisotopic (exact) mass is 406 g/mol. The van der Waals surface area contributed by atoms with Crippen molar-refractivity contribution in [2.24, 2.45) is 46.3 Å². The first kappa shape index (κ1) is 21.3. The van der Waals surface area contributed by atoms with Gasteiger partial charge in [-0.25, -0.2) is 0 Å². The summed E-state index contributed by atoms with van der Waals surface area (Å²) in [6.45, 7) is 6.62. The molecule has 5 nitrogen and oxygen atoms in total. The number of carboxylic acid groups (broad SMARTS) is 1. The lowest BCUT2D eigenvalue weighted by molar-refractivity contribution is -0.182. The van der Waals surface area contributed by atoms with Crippen LogP contribution in [0.1, 0.15) is 78.6 Å². The maximum absolute atomic E-state index is 13.4. The Morgan fingerprint density at radius 3 is 2.55 bits per heavy atom. The molecule has 0 aromatic rings. The zero-order valence-electron chi connectivity index (χ0n) is 18.1. The molecule has 29 heavy (non-hydrogen) atoms. The topological polar surface area (TPSA) is 94.8 Å². The Hall–Kier alpha value is -0.940. The number of hydrogen-bond acceptors (Lipinski definition) is 4. The molecule has 0 unspecified atom stereocenters. The van der Waals surface area contributed by atoms with Gasteiger partial charge in [-0.05, 0) is 80.0 Å². The average molecular weight is 407 g/mol. The lowest BCUT2D eigenvalue weighted by atomic mass is 9.43. The number of aliphatic hydroxyl groups is 2. The summed E-state index contributed by atoms with van der Waals surface area (Å²) in [5.74, 6) is 0.775. The first-order valence-electron chi connectivity index (χ1n) is 11.7. The van der Waals surface area contributed by atoms with Crippen molar-refractivity contribution in [1.82, 2.24) is 0 Å². The number of aliphatic hydroxyl groups excluding tert-OH is 2. The number of hydrogen-bond donors (Lipinski definition) is 3. The van der Waals surface area contributed by atoms with Crippen LogP contribution >= 0.6 is 0 Å². The van der Waals surface area contributed by atoms with Gasteiger partial charge in [-0.1, -0.05) is 20.8 Å².